The van der Waals surface area contributed by atoms with Gasteiger partial charge in [0, 0.05) is 40.8 Å². The van der Waals surface area contributed by atoms with E-state index in [1.165, 1.54) is 0 Å². The summed E-state index contributed by atoms with van der Waals surface area (Å²) < 4.78 is 0. The van der Waals surface area contributed by atoms with Crippen molar-refractivity contribution in [1.82, 2.24) is 9.97 Å². The number of benzene rings is 1. The van der Waals surface area contributed by atoms with Crippen LogP contribution in [0.15, 0.2) is 55.0 Å². The summed E-state index contributed by atoms with van der Waals surface area (Å²) in [5.74, 6) is -0.0446. The first-order chi connectivity index (χ1) is 9.25. The van der Waals surface area contributed by atoms with Gasteiger partial charge in [0.25, 0.3) is 0 Å². The van der Waals surface area contributed by atoms with Crippen LogP contribution in [0.1, 0.15) is 21.6 Å². The summed E-state index contributed by atoms with van der Waals surface area (Å²) in [4.78, 5) is 20.8. The Morgan fingerprint density at radius 3 is 2.63 bits per heavy atom. The van der Waals surface area contributed by atoms with E-state index in [4.69, 9.17) is 0 Å². The fraction of sp³-hybridized carbons (Fsp3) is 0.0625. The maximum Gasteiger partial charge on any atom is 0.196 e. The number of carbonyl (C=O) groups is 1. The topological polar surface area (TPSA) is 42.9 Å². The van der Waals surface area contributed by atoms with Crippen LogP contribution in [0.2, 0.25) is 0 Å². The number of pyridine rings is 2. The Morgan fingerprint density at radius 2 is 1.84 bits per heavy atom. The van der Waals surface area contributed by atoms with E-state index in [1.54, 1.807) is 24.7 Å². The lowest BCUT2D eigenvalue weighted by molar-refractivity contribution is 0.103. The van der Waals surface area contributed by atoms with Crippen LogP contribution >= 0.6 is 0 Å². The minimum atomic E-state index is -0.0446. The van der Waals surface area contributed by atoms with Crippen molar-refractivity contribution in [2.45, 2.75) is 6.92 Å². The SMILES string of the molecule is Cc1ccc(C(=O)c2cncc3ccccc23)cn1. The van der Waals surface area contributed by atoms with Gasteiger partial charge in [-0.15, -0.1) is 0 Å². The highest BCUT2D eigenvalue weighted by Gasteiger charge is 2.12. The molecule has 0 aliphatic rings. The molecule has 0 spiro atoms. The second kappa shape index (κ2) is 4.61. The molecule has 3 nitrogen and oxygen atoms in total. The minimum absolute atomic E-state index is 0.0446. The number of ketones is 1. The molecule has 0 amide bonds. The lowest BCUT2D eigenvalue weighted by atomic mass is 10.0. The van der Waals surface area contributed by atoms with Gasteiger partial charge >= 0.3 is 0 Å². The fourth-order valence-electron chi connectivity index (χ4n) is 2.06. The number of carbonyl (C=O) groups excluding carboxylic acids is 1. The Morgan fingerprint density at radius 1 is 1.00 bits per heavy atom. The summed E-state index contributed by atoms with van der Waals surface area (Å²) in [7, 11) is 0. The summed E-state index contributed by atoms with van der Waals surface area (Å²) in [5, 5.41) is 1.89. The van der Waals surface area contributed by atoms with E-state index in [2.05, 4.69) is 9.97 Å². The monoisotopic (exact) mass is 248 g/mol. The second-order valence-electron chi connectivity index (χ2n) is 4.43. The molecule has 92 valence electrons. The van der Waals surface area contributed by atoms with Gasteiger partial charge in [-0.05, 0) is 24.4 Å². The molecule has 0 saturated heterocycles. The van der Waals surface area contributed by atoms with Crippen LogP contribution in [-0.2, 0) is 0 Å². The number of hydrogen-bond donors (Lipinski definition) is 0. The van der Waals surface area contributed by atoms with E-state index in [1.807, 2.05) is 37.3 Å². The molecule has 0 unspecified atom stereocenters. The van der Waals surface area contributed by atoms with E-state index in [0.717, 1.165) is 16.5 Å². The third kappa shape index (κ3) is 2.10. The largest absolute Gasteiger partial charge is 0.288 e. The van der Waals surface area contributed by atoms with E-state index in [0.29, 0.717) is 11.1 Å². The maximum absolute atomic E-state index is 12.5. The highest BCUT2D eigenvalue weighted by atomic mass is 16.1. The molecule has 1 aromatic carbocycles. The van der Waals surface area contributed by atoms with Crippen molar-refractivity contribution < 1.29 is 4.79 Å². The van der Waals surface area contributed by atoms with E-state index >= 15 is 0 Å². The Labute approximate surface area is 111 Å². The molecule has 0 aliphatic carbocycles. The predicted molar refractivity (Wildman–Crippen MR) is 74.1 cm³/mol. The van der Waals surface area contributed by atoms with Crippen molar-refractivity contribution >= 4 is 16.6 Å². The average Bonchev–Trinajstić information content (AvgIpc) is 2.47. The van der Waals surface area contributed by atoms with Crippen molar-refractivity contribution in [2.75, 3.05) is 0 Å². The molecule has 0 fully saturated rings. The quantitative estimate of drug-likeness (QED) is 0.654. The van der Waals surface area contributed by atoms with E-state index in [9.17, 15) is 4.79 Å². The first-order valence-corrected chi connectivity index (χ1v) is 6.06. The van der Waals surface area contributed by atoms with Crippen LogP contribution in [-0.4, -0.2) is 15.8 Å². The van der Waals surface area contributed by atoms with Gasteiger partial charge in [0.15, 0.2) is 5.78 Å². The van der Waals surface area contributed by atoms with Crippen LogP contribution in [0.5, 0.6) is 0 Å². The van der Waals surface area contributed by atoms with Crippen LogP contribution in [0, 0.1) is 6.92 Å². The van der Waals surface area contributed by atoms with E-state index in [-0.39, 0.29) is 5.78 Å². The molecule has 2 heterocycles. The van der Waals surface area contributed by atoms with Gasteiger partial charge in [-0.25, -0.2) is 0 Å². The normalized spacial score (nSPS) is 10.6. The van der Waals surface area contributed by atoms with Crippen LogP contribution in [0.4, 0.5) is 0 Å². The first-order valence-electron chi connectivity index (χ1n) is 6.06. The van der Waals surface area contributed by atoms with Crippen molar-refractivity contribution in [3.05, 3.63) is 71.8 Å². The molecule has 0 bridgehead atoms. The smallest absolute Gasteiger partial charge is 0.196 e. The van der Waals surface area contributed by atoms with Gasteiger partial charge in [0.2, 0.25) is 0 Å². The summed E-state index contributed by atoms with van der Waals surface area (Å²) in [6, 6.07) is 11.4. The summed E-state index contributed by atoms with van der Waals surface area (Å²) >= 11 is 0. The molecule has 0 saturated carbocycles. The highest BCUT2D eigenvalue weighted by Crippen LogP contribution is 2.19. The van der Waals surface area contributed by atoms with Gasteiger partial charge in [0.1, 0.15) is 0 Å². The minimum Gasteiger partial charge on any atom is -0.288 e. The van der Waals surface area contributed by atoms with Gasteiger partial charge in [0.05, 0.1) is 0 Å². The number of aromatic nitrogens is 2. The number of fused-ring (bicyclic) bond motifs is 1. The lowest BCUT2D eigenvalue weighted by Crippen LogP contribution is -2.03. The molecule has 3 rings (SSSR count). The van der Waals surface area contributed by atoms with Crippen LogP contribution in [0.3, 0.4) is 0 Å². The van der Waals surface area contributed by atoms with Crippen molar-refractivity contribution in [3.63, 3.8) is 0 Å². The Bertz CT molecular complexity index is 743. The van der Waals surface area contributed by atoms with Crippen LogP contribution in [0.25, 0.3) is 10.8 Å². The second-order valence-corrected chi connectivity index (χ2v) is 4.43. The Balaban J connectivity index is 2.14. The van der Waals surface area contributed by atoms with Crippen molar-refractivity contribution in [1.29, 1.82) is 0 Å². The molecule has 19 heavy (non-hydrogen) atoms. The predicted octanol–water partition coefficient (Wildman–Crippen LogP) is 3.17. The lowest BCUT2D eigenvalue weighted by Gasteiger charge is -2.05. The van der Waals surface area contributed by atoms with E-state index < -0.39 is 0 Å². The summed E-state index contributed by atoms with van der Waals surface area (Å²) in [6.07, 6.45) is 4.99. The maximum atomic E-state index is 12.5. The molecular weight excluding hydrogens is 236 g/mol. The molecule has 0 radical (unpaired) electrons. The van der Waals surface area contributed by atoms with Crippen molar-refractivity contribution in [2.24, 2.45) is 0 Å². The number of aryl methyl sites for hydroxylation is 1. The molecule has 3 heteroatoms. The van der Waals surface area contributed by atoms with Gasteiger partial charge in [-0.3, -0.25) is 14.8 Å². The average molecular weight is 248 g/mol. The zero-order chi connectivity index (χ0) is 13.2. The third-order valence-corrected chi connectivity index (χ3v) is 3.09. The van der Waals surface area contributed by atoms with Crippen molar-refractivity contribution in [3.8, 4) is 0 Å². The third-order valence-electron chi connectivity index (χ3n) is 3.09. The fourth-order valence-corrected chi connectivity index (χ4v) is 2.06. The molecule has 3 aromatic rings. The Kier molecular flexibility index (Phi) is 2.80. The molecular formula is C16H12N2O. The number of rotatable bonds is 2. The zero-order valence-electron chi connectivity index (χ0n) is 10.5. The summed E-state index contributed by atoms with van der Waals surface area (Å²) in [6.45, 7) is 1.90. The summed E-state index contributed by atoms with van der Waals surface area (Å²) in [5.41, 5.74) is 2.10. The van der Waals surface area contributed by atoms with Gasteiger partial charge in [-0.2, -0.15) is 0 Å². The zero-order valence-corrected chi connectivity index (χ0v) is 10.5. The van der Waals surface area contributed by atoms with Gasteiger partial charge in [-0.1, -0.05) is 24.3 Å². The van der Waals surface area contributed by atoms with Crippen LogP contribution < -0.4 is 0 Å². The highest BCUT2D eigenvalue weighted by molar-refractivity contribution is 6.15. The molecule has 0 atom stereocenters. The number of hydrogen-bond acceptors (Lipinski definition) is 3. The molecule has 0 aliphatic heterocycles. The Hall–Kier alpha value is -2.55. The first kappa shape index (κ1) is 11.5. The van der Waals surface area contributed by atoms with Gasteiger partial charge < -0.3 is 0 Å². The molecule has 0 N–H and O–H groups in total. The number of nitrogens with zero attached hydrogens (tertiary/aromatic N) is 2. The standard InChI is InChI=1S/C16H12N2O/c1-11-6-7-13(9-18-11)16(19)15-10-17-8-12-4-2-3-5-14(12)15/h2-10H,1H3. The molecule has 2 aromatic heterocycles.